The van der Waals surface area contributed by atoms with Crippen LogP contribution >= 0.6 is 23.5 Å². The number of halogens is 5. The first-order valence-electron chi connectivity index (χ1n) is 8.70. The summed E-state index contributed by atoms with van der Waals surface area (Å²) in [4.78, 5) is 12.9. The van der Waals surface area contributed by atoms with Gasteiger partial charge in [0.05, 0.1) is 17.9 Å². The van der Waals surface area contributed by atoms with Gasteiger partial charge in [0.25, 0.3) is 0 Å². The Labute approximate surface area is 179 Å². The molecule has 0 spiro atoms. The molecular weight excluding hydrogens is 446 g/mol. The topological polar surface area (TPSA) is 45.1 Å². The lowest BCUT2D eigenvalue weighted by atomic mass is 9.99. The molecule has 1 heterocycles. The molecule has 0 aliphatic carbocycles. The maximum atomic E-state index is 13.1. The molecule has 0 N–H and O–H groups in total. The van der Waals surface area contributed by atoms with Crippen molar-refractivity contribution in [2.24, 2.45) is 11.0 Å². The van der Waals surface area contributed by atoms with Gasteiger partial charge in [0.1, 0.15) is 5.75 Å². The summed E-state index contributed by atoms with van der Waals surface area (Å²) in [6, 6.07) is 11.0. The smallest absolute Gasteiger partial charge is 0.387 e. The summed E-state index contributed by atoms with van der Waals surface area (Å²) >= 11 is 5.90. The lowest BCUT2D eigenvalue weighted by Crippen LogP contribution is -2.37. The van der Waals surface area contributed by atoms with E-state index in [0.29, 0.717) is 16.3 Å². The Bertz CT molecular complexity index is 913. The van der Waals surface area contributed by atoms with Crippen LogP contribution in [0.3, 0.4) is 0 Å². The molecule has 30 heavy (non-hydrogen) atoms. The molecule has 2 aromatic carbocycles. The highest BCUT2D eigenvalue weighted by Gasteiger charge is 2.33. The van der Waals surface area contributed by atoms with E-state index in [4.69, 9.17) is 11.6 Å². The fraction of sp³-hybridized carbons (Fsp3) is 0.263. The number of nitrogens with zero attached hydrogens (tertiary/aromatic N) is 3. The van der Waals surface area contributed by atoms with Gasteiger partial charge in [-0.15, -0.1) is 0 Å². The van der Waals surface area contributed by atoms with E-state index in [1.165, 1.54) is 36.4 Å². The number of carbonyl (C=O) groups excluding carboxylic acids is 1. The molecule has 0 bridgehead atoms. The van der Waals surface area contributed by atoms with E-state index in [2.05, 4.69) is 9.84 Å². The lowest BCUT2D eigenvalue weighted by molar-refractivity contribution is -0.0498. The summed E-state index contributed by atoms with van der Waals surface area (Å²) in [7, 11) is 0. The minimum atomic E-state index is -2.93. The van der Waals surface area contributed by atoms with E-state index in [0.717, 1.165) is 9.31 Å². The number of carbonyl (C=O) groups is 1. The van der Waals surface area contributed by atoms with Crippen LogP contribution in [0, 0.1) is 5.92 Å². The molecule has 1 atom stereocenters. The summed E-state index contributed by atoms with van der Waals surface area (Å²) in [5.41, 5.74) is 1.38. The van der Waals surface area contributed by atoms with Gasteiger partial charge < -0.3 is 4.74 Å². The predicted molar refractivity (Wildman–Crippen MR) is 108 cm³/mol. The van der Waals surface area contributed by atoms with Crippen LogP contribution < -0.4 is 9.04 Å². The van der Waals surface area contributed by atoms with Crippen molar-refractivity contribution in [1.82, 2.24) is 5.01 Å². The van der Waals surface area contributed by atoms with Crippen molar-refractivity contribution in [2.75, 3.05) is 10.8 Å². The van der Waals surface area contributed by atoms with Crippen LogP contribution in [0.25, 0.3) is 0 Å². The molecule has 0 radical (unpaired) electrons. The third-order valence-electron chi connectivity index (χ3n) is 4.16. The molecule has 11 heteroatoms. The van der Waals surface area contributed by atoms with Crippen molar-refractivity contribution in [2.45, 2.75) is 19.3 Å². The second kappa shape index (κ2) is 9.57. The molecule has 0 saturated carbocycles. The van der Waals surface area contributed by atoms with Crippen LogP contribution in [-0.4, -0.2) is 35.7 Å². The SMILES string of the molecule is CC1CN(C(=O)N(SC(F)F)c2ccc(Cl)cc2)N=C1c1ccc(OC(F)F)cc1. The van der Waals surface area contributed by atoms with Gasteiger partial charge in [0.15, 0.2) is 0 Å². The van der Waals surface area contributed by atoms with Gasteiger partial charge in [-0.3, -0.25) is 0 Å². The molecule has 1 unspecified atom stereocenters. The van der Waals surface area contributed by atoms with Crippen molar-refractivity contribution in [1.29, 1.82) is 0 Å². The second-order valence-corrected chi connectivity index (χ2v) is 7.66. The molecule has 5 nitrogen and oxygen atoms in total. The van der Waals surface area contributed by atoms with Crippen molar-refractivity contribution in [3.63, 3.8) is 0 Å². The van der Waals surface area contributed by atoms with Crippen LogP contribution in [-0.2, 0) is 0 Å². The molecule has 1 aliphatic heterocycles. The first-order valence-corrected chi connectivity index (χ1v) is 9.92. The van der Waals surface area contributed by atoms with Crippen molar-refractivity contribution in [3.8, 4) is 5.75 Å². The molecule has 0 fully saturated rings. The first kappa shape index (κ1) is 22.2. The van der Waals surface area contributed by atoms with Gasteiger partial charge in [-0.05, 0) is 54.1 Å². The maximum Gasteiger partial charge on any atom is 0.387 e. The number of rotatable bonds is 6. The highest BCUT2D eigenvalue weighted by Crippen LogP contribution is 2.31. The predicted octanol–water partition coefficient (Wildman–Crippen LogP) is 6.09. The monoisotopic (exact) mass is 461 g/mol. The van der Waals surface area contributed by atoms with Gasteiger partial charge in [0, 0.05) is 22.9 Å². The third-order valence-corrected chi connectivity index (χ3v) is 5.15. The number of hydrogen-bond acceptors (Lipinski definition) is 4. The van der Waals surface area contributed by atoms with Crippen LogP contribution in [0.2, 0.25) is 5.02 Å². The second-order valence-electron chi connectivity index (χ2n) is 6.29. The van der Waals surface area contributed by atoms with Crippen molar-refractivity contribution >= 4 is 41.0 Å². The fourth-order valence-electron chi connectivity index (χ4n) is 2.86. The Kier molecular flexibility index (Phi) is 7.09. The molecule has 0 saturated heterocycles. The highest BCUT2D eigenvalue weighted by molar-refractivity contribution is 8.01. The Balaban J connectivity index is 1.82. The highest BCUT2D eigenvalue weighted by atomic mass is 35.5. The van der Waals surface area contributed by atoms with Gasteiger partial charge in [-0.1, -0.05) is 18.5 Å². The van der Waals surface area contributed by atoms with Crippen molar-refractivity contribution < 1.29 is 27.1 Å². The van der Waals surface area contributed by atoms with E-state index < -0.39 is 18.4 Å². The van der Waals surface area contributed by atoms with Crippen LogP contribution in [0.15, 0.2) is 53.6 Å². The number of urea groups is 1. The van der Waals surface area contributed by atoms with Gasteiger partial charge in [0.2, 0.25) is 0 Å². The Morgan fingerprint density at radius 2 is 1.80 bits per heavy atom. The molecule has 2 aromatic rings. The molecule has 2 amide bonds. The number of benzene rings is 2. The average Bonchev–Trinajstić information content (AvgIpc) is 3.08. The fourth-order valence-corrected chi connectivity index (χ4v) is 3.58. The standard InChI is InChI=1S/C19H16ClF4N3O2S/c1-11-10-26(25-16(11)12-2-8-15(9-3-12)29-17(21)22)19(28)27(30-18(23)24)14-6-4-13(20)5-7-14/h2-9,11,17-18H,10H2,1H3. The quantitative estimate of drug-likeness (QED) is 0.386. The Morgan fingerprint density at radius 1 is 1.17 bits per heavy atom. The van der Waals surface area contributed by atoms with Crippen LogP contribution in [0.4, 0.5) is 28.0 Å². The Hall–Kier alpha value is -2.46. The molecular formula is C19H16ClF4N3O2S. The molecule has 3 rings (SSSR count). The zero-order valence-corrected chi connectivity index (χ0v) is 17.1. The summed E-state index contributed by atoms with van der Waals surface area (Å²) in [6.45, 7) is -0.933. The lowest BCUT2D eigenvalue weighted by Gasteiger charge is -2.24. The maximum absolute atomic E-state index is 13.1. The zero-order valence-electron chi connectivity index (χ0n) is 15.5. The van der Waals surface area contributed by atoms with E-state index in [1.54, 1.807) is 12.1 Å². The van der Waals surface area contributed by atoms with E-state index in [1.807, 2.05) is 6.92 Å². The zero-order chi connectivity index (χ0) is 21.8. The number of alkyl halides is 4. The van der Waals surface area contributed by atoms with Crippen molar-refractivity contribution in [3.05, 3.63) is 59.1 Å². The van der Waals surface area contributed by atoms with Crippen LogP contribution in [0.5, 0.6) is 5.75 Å². The van der Waals surface area contributed by atoms with Gasteiger partial charge in [-0.25, -0.2) is 14.1 Å². The van der Waals surface area contributed by atoms with E-state index in [-0.39, 0.29) is 35.8 Å². The normalized spacial score (nSPS) is 16.2. The number of anilines is 1. The minimum Gasteiger partial charge on any atom is -0.435 e. The minimum absolute atomic E-state index is 0.00446. The van der Waals surface area contributed by atoms with Gasteiger partial charge in [-0.2, -0.15) is 22.7 Å². The van der Waals surface area contributed by atoms with Gasteiger partial charge >= 0.3 is 18.4 Å². The molecule has 1 aliphatic rings. The number of hydrazone groups is 1. The first-order chi connectivity index (χ1) is 14.2. The molecule has 160 valence electrons. The summed E-state index contributed by atoms with van der Waals surface area (Å²) in [6.07, 6.45) is 0. The number of hydrogen-bond donors (Lipinski definition) is 0. The third kappa shape index (κ3) is 5.37. The summed E-state index contributed by atoms with van der Waals surface area (Å²) in [5.74, 6) is -3.02. The van der Waals surface area contributed by atoms with Crippen LogP contribution in [0.1, 0.15) is 12.5 Å². The van der Waals surface area contributed by atoms with E-state index >= 15 is 0 Å². The average molecular weight is 462 g/mol. The Morgan fingerprint density at radius 3 is 2.37 bits per heavy atom. The largest absolute Gasteiger partial charge is 0.435 e. The summed E-state index contributed by atoms with van der Waals surface area (Å²) < 4.78 is 55.9. The number of ether oxygens (including phenoxy) is 1. The number of amides is 2. The summed E-state index contributed by atoms with van der Waals surface area (Å²) in [5, 5.41) is 5.80. The molecule has 0 aromatic heterocycles. The van der Waals surface area contributed by atoms with E-state index in [9.17, 15) is 22.4 Å².